The maximum Gasteiger partial charge on any atom is 0.276 e. The number of carbonyl (C=O) groups is 1. The van der Waals surface area contributed by atoms with Gasteiger partial charge in [-0.05, 0) is 56.5 Å². The number of aromatic nitrogens is 2. The van der Waals surface area contributed by atoms with Gasteiger partial charge in [-0.25, -0.2) is 0 Å². The maximum atomic E-state index is 12.4. The lowest BCUT2D eigenvalue weighted by atomic mass is 10.1. The van der Waals surface area contributed by atoms with Gasteiger partial charge in [0.05, 0.1) is 6.04 Å². The van der Waals surface area contributed by atoms with Crippen LogP contribution in [0.25, 0.3) is 0 Å². The Balaban J connectivity index is 0.00000192. The van der Waals surface area contributed by atoms with E-state index >= 15 is 0 Å². The van der Waals surface area contributed by atoms with Gasteiger partial charge in [0, 0.05) is 18.4 Å². The Morgan fingerprint density at radius 1 is 1.35 bits per heavy atom. The van der Waals surface area contributed by atoms with Gasteiger partial charge in [-0.3, -0.25) is 9.48 Å². The molecule has 1 aliphatic rings. The van der Waals surface area contributed by atoms with Crippen molar-refractivity contribution >= 4 is 24.0 Å². The summed E-state index contributed by atoms with van der Waals surface area (Å²) in [6.45, 7) is 6.03. The molecule has 2 N–H and O–H groups in total. The van der Waals surface area contributed by atoms with Gasteiger partial charge in [-0.15, -0.1) is 12.4 Å². The third kappa shape index (κ3) is 3.92. The van der Waals surface area contributed by atoms with Crippen molar-refractivity contribution in [3.8, 4) is 0 Å². The van der Waals surface area contributed by atoms with E-state index in [2.05, 4.69) is 15.7 Å². The minimum atomic E-state index is -0.156. The number of benzene rings is 1. The molecule has 1 atom stereocenters. The van der Waals surface area contributed by atoms with E-state index in [4.69, 9.17) is 0 Å². The van der Waals surface area contributed by atoms with Crippen LogP contribution in [0.2, 0.25) is 0 Å². The second-order valence-corrected chi connectivity index (χ2v) is 5.88. The van der Waals surface area contributed by atoms with E-state index in [-0.39, 0.29) is 18.3 Å². The molecule has 2 heterocycles. The van der Waals surface area contributed by atoms with Crippen molar-refractivity contribution in [3.63, 3.8) is 0 Å². The Bertz CT molecular complexity index is 677. The van der Waals surface area contributed by atoms with Crippen molar-refractivity contribution in [2.75, 3.05) is 18.4 Å². The fourth-order valence-electron chi connectivity index (χ4n) is 2.79. The van der Waals surface area contributed by atoms with E-state index in [1.807, 2.05) is 42.9 Å². The van der Waals surface area contributed by atoms with Crippen molar-refractivity contribution in [2.24, 2.45) is 0 Å². The first kappa shape index (κ1) is 17.5. The maximum absolute atomic E-state index is 12.4. The monoisotopic (exact) mass is 334 g/mol. The molecule has 1 amide bonds. The van der Waals surface area contributed by atoms with Crippen LogP contribution in [0.1, 0.15) is 40.5 Å². The Morgan fingerprint density at radius 2 is 2.17 bits per heavy atom. The number of aryl methyl sites for hydroxylation is 1. The molecule has 0 aliphatic carbocycles. The Labute approximate surface area is 142 Å². The molecule has 1 aromatic carbocycles. The first-order valence-electron chi connectivity index (χ1n) is 7.78. The number of rotatable bonds is 3. The molecule has 124 valence electrons. The van der Waals surface area contributed by atoms with E-state index in [9.17, 15) is 4.79 Å². The lowest BCUT2D eigenvalue weighted by molar-refractivity contribution is 0.102. The molecule has 0 saturated carbocycles. The second-order valence-electron chi connectivity index (χ2n) is 5.88. The molecule has 5 nitrogen and oxygen atoms in total. The average molecular weight is 335 g/mol. The number of nitrogens with one attached hydrogen (secondary N) is 2. The highest BCUT2D eigenvalue weighted by molar-refractivity contribution is 6.03. The molecular formula is C17H23ClN4O. The van der Waals surface area contributed by atoms with Gasteiger partial charge in [0.25, 0.3) is 5.91 Å². The lowest BCUT2D eigenvalue weighted by Gasteiger charge is -2.22. The fraction of sp³-hybridized carbons (Fsp3) is 0.412. The van der Waals surface area contributed by atoms with Crippen LogP contribution in [0.5, 0.6) is 0 Å². The summed E-state index contributed by atoms with van der Waals surface area (Å²) in [5.74, 6) is -0.156. The summed E-state index contributed by atoms with van der Waals surface area (Å²) in [5.41, 5.74) is 3.56. The van der Waals surface area contributed by atoms with Crippen LogP contribution in [-0.4, -0.2) is 28.8 Å². The molecule has 1 saturated heterocycles. The summed E-state index contributed by atoms with van der Waals surface area (Å²) < 4.78 is 1.91. The number of nitrogens with zero attached hydrogens (tertiary/aromatic N) is 2. The highest BCUT2D eigenvalue weighted by atomic mass is 35.5. The highest BCUT2D eigenvalue weighted by Crippen LogP contribution is 2.19. The molecule has 0 spiro atoms. The van der Waals surface area contributed by atoms with Crippen LogP contribution in [0.15, 0.2) is 30.5 Å². The predicted octanol–water partition coefficient (Wildman–Crippen LogP) is 3.10. The second kappa shape index (κ2) is 7.62. The van der Waals surface area contributed by atoms with Crippen LogP contribution < -0.4 is 10.6 Å². The third-order valence-corrected chi connectivity index (χ3v) is 4.34. The summed E-state index contributed by atoms with van der Waals surface area (Å²) in [7, 11) is 0. The Kier molecular flexibility index (Phi) is 5.80. The fourth-order valence-corrected chi connectivity index (χ4v) is 2.79. The topological polar surface area (TPSA) is 59.0 Å². The van der Waals surface area contributed by atoms with Crippen LogP contribution in [0.4, 0.5) is 5.69 Å². The van der Waals surface area contributed by atoms with E-state index in [0.717, 1.165) is 42.7 Å². The van der Waals surface area contributed by atoms with Gasteiger partial charge < -0.3 is 10.6 Å². The number of halogens is 1. The van der Waals surface area contributed by atoms with Crippen LogP contribution in [0.3, 0.4) is 0 Å². The molecule has 6 heteroatoms. The van der Waals surface area contributed by atoms with E-state index < -0.39 is 0 Å². The number of amides is 1. The molecule has 0 radical (unpaired) electrons. The Morgan fingerprint density at radius 3 is 2.91 bits per heavy atom. The zero-order valence-electron chi connectivity index (χ0n) is 13.5. The molecule has 1 aromatic heterocycles. The first-order chi connectivity index (χ1) is 10.6. The van der Waals surface area contributed by atoms with E-state index in [1.54, 1.807) is 6.07 Å². The largest absolute Gasteiger partial charge is 0.320 e. The summed E-state index contributed by atoms with van der Waals surface area (Å²) >= 11 is 0. The van der Waals surface area contributed by atoms with Gasteiger partial charge in [-0.2, -0.15) is 5.10 Å². The summed E-state index contributed by atoms with van der Waals surface area (Å²) in [4.78, 5) is 12.4. The van der Waals surface area contributed by atoms with Gasteiger partial charge in [-0.1, -0.05) is 12.1 Å². The quantitative estimate of drug-likeness (QED) is 0.906. The average Bonchev–Trinajstić information content (AvgIpc) is 3.03. The highest BCUT2D eigenvalue weighted by Gasteiger charge is 2.18. The number of hydrogen-bond acceptors (Lipinski definition) is 3. The molecule has 0 bridgehead atoms. The molecule has 2 aromatic rings. The van der Waals surface area contributed by atoms with Gasteiger partial charge in [0.15, 0.2) is 5.69 Å². The van der Waals surface area contributed by atoms with Crippen LogP contribution >= 0.6 is 12.4 Å². The molecule has 1 unspecified atom stereocenters. The van der Waals surface area contributed by atoms with E-state index in [0.29, 0.717) is 11.7 Å². The smallest absolute Gasteiger partial charge is 0.276 e. The number of carbonyl (C=O) groups excluding carboxylic acids is 1. The van der Waals surface area contributed by atoms with Crippen molar-refractivity contribution in [1.82, 2.24) is 15.1 Å². The molecule has 3 rings (SSSR count). The van der Waals surface area contributed by atoms with E-state index in [1.165, 1.54) is 0 Å². The van der Waals surface area contributed by atoms with Crippen LogP contribution in [-0.2, 0) is 0 Å². The summed E-state index contributed by atoms with van der Waals surface area (Å²) in [5, 5.41) is 10.8. The summed E-state index contributed by atoms with van der Waals surface area (Å²) in [6.07, 6.45) is 4.15. The van der Waals surface area contributed by atoms with Crippen molar-refractivity contribution in [1.29, 1.82) is 0 Å². The minimum absolute atomic E-state index is 0. The normalized spacial score (nSPS) is 17.4. The van der Waals surface area contributed by atoms with Crippen molar-refractivity contribution in [3.05, 3.63) is 47.3 Å². The zero-order chi connectivity index (χ0) is 15.5. The van der Waals surface area contributed by atoms with Gasteiger partial charge in [0.1, 0.15) is 0 Å². The van der Waals surface area contributed by atoms with Gasteiger partial charge in [0.2, 0.25) is 0 Å². The van der Waals surface area contributed by atoms with Crippen molar-refractivity contribution in [2.45, 2.75) is 32.7 Å². The summed E-state index contributed by atoms with van der Waals surface area (Å²) in [6, 6.07) is 8.04. The third-order valence-electron chi connectivity index (χ3n) is 4.34. The van der Waals surface area contributed by atoms with Crippen LogP contribution in [0, 0.1) is 13.8 Å². The first-order valence-corrected chi connectivity index (χ1v) is 7.78. The minimum Gasteiger partial charge on any atom is -0.320 e. The zero-order valence-corrected chi connectivity index (χ0v) is 14.3. The molecule has 1 fully saturated rings. The SMILES string of the molecule is Cc1cccc(NC(=O)c2ccn(C3CCCNC3)n2)c1C.Cl. The molecule has 23 heavy (non-hydrogen) atoms. The lowest BCUT2D eigenvalue weighted by Crippen LogP contribution is -2.32. The molecular weight excluding hydrogens is 312 g/mol. The number of piperidine rings is 1. The standard InChI is InChI=1S/C17H22N4O.ClH/c1-12-5-3-7-15(13(12)2)19-17(22)16-8-10-21(20-16)14-6-4-9-18-11-14;/h3,5,7-8,10,14,18H,4,6,9,11H2,1-2H3,(H,19,22);1H. The molecule has 1 aliphatic heterocycles. The predicted molar refractivity (Wildman–Crippen MR) is 94.5 cm³/mol. The van der Waals surface area contributed by atoms with Gasteiger partial charge >= 0.3 is 0 Å². The van der Waals surface area contributed by atoms with Crippen molar-refractivity contribution < 1.29 is 4.79 Å². The number of anilines is 1. The Hall–Kier alpha value is -1.85. The number of hydrogen-bond donors (Lipinski definition) is 2.